The van der Waals surface area contributed by atoms with Gasteiger partial charge in [-0.3, -0.25) is 0 Å². The zero-order chi connectivity index (χ0) is 19.9. The first-order valence-corrected chi connectivity index (χ1v) is 9.30. The third kappa shape index (κ3) is 8.42. The Bertz CT molecular complexity index is 640. The highest BCUT2D eigenvalue weighted by Gasteiger charge is 2.28. The van der Waals surface area contributed by atoms with Gasteiger partial charge in [-0.2, -0.15) is 13.2 Å². The molecule has 2 N–H and O–H groups in total. The summed E-state index contributed by atoms with van der Waals surface area (Å²) in [6, 6.07) is 5.70. The van der Waals surface area contributed by atoms with Crippen LogP contribution in [0.25, 0.3) is 0 Å². The summed E-state index contributed by atoms with van der Waals surface area (Å²) in [5.41, 5.74) is 1.47. The van der Waals surface area contributed by atoms with Gasteiger partial charge in [0.15, 0.2) is 12.6 Å². The molecule has 1 fully saturated rings. The minimum Gasteiger partial charge on any atom is -0.484 e. The summed E-state index contributed by atoms with van der Waals surface area (Å²) in [6.45, 7) is 5.32. The van der Waals surface area contributed by atoms with Gasteiger partial charge in [0.1, 0.15) is 5.75 Å². The van der Waals surface area contributed by atoms with Crippen LogP contribution in [0.2, 0.25) is 0 Å². The smallest absolute Gasteiger partial charge is 0.422 e. The summed E-state index contributed by atoms with van der Waals surface area (Å²) in [6.07, 6.45) is -2.02. The normalized spacial score (nSPS) is 17.9. The number of nitrogens with zero attached hydrogens (tertiary/aromatic N) is 2. The minimum atomic E-state index is -4.37. The van der Waals surface area contributed by atoms with E-state index in [0.717, 1.165) is 25.1 Å². The molecule has 9 heteroatoms. The molecule has 1 atom stereocenters. The lowest BCUT2D eigenvalue weighted by molar-refractivity contribution is -0.153. The number of benzene rings is 1. The Hall–Kier alpha value is -1.23. The van der Waals surface area contributed by atoms with Crippen LogP contribution in [-0.2, 0) is 6.54 Å². The van der Waals surface area contributed by atoms with Crippen molar-refractivity contribution >= 4 is 29.9 Å². The molecule has 0 aromatic heterocycles. The quantitative estimate of drug-likeness (QED) is 0.331. The van der Waals surface area contributed by atoms with Crippen LogP contribution in [-0.4, -0.2) is 56.4 Å². The van der Waals surface area contributed by atoms with Crippen molar-refractivity contribution in [2.75, 3.05) is 33.3 Å². The van der Waals surface area contributed by atoms with Crippen molar-refractivity contribution in [2.24, 2.45) is 4.99 Å². The van der Waals surface area contributed by atoms with E-state index in [-0.39, 0.29) is 36.3 Å². The molecule has 1 aromatic rings. The number of aryl methyl sites for hydroxylation is 1. The molecule has 1 aromatic carbocycles. The Morgan fingerprint density at radius 2 is 2.07 bits per heavy atom. The molecular weight excluding hydrogens is 484 g/mol. The van der Waals surface area contributed by atoms with Crippen LogP contribution in [0, 0.1) is 6.92 Å². The second-order valence-electron chi connectivity index (χ2n) is 6.87. The molecule has 0 amide bonds. The predicted octanol–water partition coefficient (Wildman–Crippen LogP) is 3.70. The van der Waals surface area contributed by atoms with Crippen molar-refractivity contribution in [3.05, 3.63) is 29.3 Å². The maximum Gasteiger partial charge on any atom is 0.422 e. The van der Waals surface area contributed by atoms with Gasteiger partial charge in [0.25, 0.3) is 0 Å². The fourth-order valence-electron chi connectivity index (χ4n) is 3.04. The maximum atomic E-state index is 12.5. The Labute approximate surface area is 182 Å². The van der Waals surface area contributed by atoms with Crippen molar-refractivity contribution in [1.29, 1.82) is 0 Å². The Kier molecular flexibility index (Phi) is 10.4. The minimum absolute atomic E-state index is 0. The van der Waals surface area contributed by atoms with E-state index in [0.29, 0.717) is 24.1 Å². The number of aliphatic imine (C=N–C) groups is 1. The van der Waals surface area contributed by atoms with Gasteiger partial charge in [-0.1, -0.05) is 12.1 Å². The molecule has 2 rings (SSSR count). The number of nitrogens with one attached hydrogen (secondary N) is 2. The van der Waals surface area contributed by atoms with Crippen LogP contribution in [0.15, 0.2) is 23.2 Å². The number of halogens is 4. The summed E-state index contributed by atoms with van der Waals surface area (Å²) in [5, 5.41) is 6.51. The zero-order valence-corrected chi connectivity index (χ0v) is 18.9. The number of guanidine groups is 1. The summed E-state index contributed by atoms with van der Waals surface area (Å²) < 4.78 is 42.5. The van der Waals surface area contributed by atoms with E-state index < -0.39 is 12.8 Å². The molecule has 1 saturated heterocycles. The molecule has 0 bridgehead atoms. The first-order valence-electron chi connectivity index (χ1n) is 9.30. The molecule has 5 nitrogen and oxygen atoms in total. The number of rotatable bonds is 7. The molecule has 0 radical (unpaired) electrons. The van der Waals surface area contributed by atoms with Gasteiger partial charge < -0.3 is 20.3 Å². The molecule has 28 heavy (non-hydrogen) atoms. The fourth-order valence-corrected chi connectivity index (χ4v) is 3.04. The van der Waals surface area contributed by atoms with Crippen LogP contribution >= 0.6 is 24.0 Å². The number of ether oxygens (including phenoxy) is 1. The number of hydrogen-bond donors (Lipinski definition) is 2. The first-order chi connectivity index (χ1) is 12.8. The summed E-state index contributed by atoms with van der Waals surface area (Å²) in [4.78, 5) is 6.84. The van der Waals surface area contributed by atoms with Gasteiger partial charge in [-0.25, -0.2) is 4.99 Å². The molecule has 160 valence electrons. The van der Waals surface area contributed by atoms with Gasteiger partial charge in [0, 0.05) is 24.7 Å². The highest BCUT2D eigenvalue weighted by atomic mass is 127. The molecule has 0 aliphatic carbocycles. The molecule has 0 saturated carbocycles. The topological polar surface area (TPSA) is 48.9 Å². The second-order valence-corrected chi connectivity index (χ2v) is 6.87. The van der Waals surface area contributed by atoms with E-state index in [2.05, 4.69) is 27.6 Å². The average Bonchev–Trinajstić information content (AvgIpc) is 3.01. The van der Waals surface area contributed by atoms with Crippen LogP contribution in [0.4, 0.5) is 13.2 Å². The molecular formula is C19H30F3IN4O. The predicted molar refractivity (Wildman–Crippen MR) is 117 cm³/mol. The lowest BCUT2D eigenvalue weighted by Gasteiger charge is -2.21. The lowest BCUT2D eigenvalue weighted by atomic mass is 10.1. The van der Waals surface area contributed by atoms with Crippen LogP contribution in [0.1, 0.15) is 30.9 Å². The molecule has 1 aliphatic rings. The standard InChI is InChI=1S/C19H29F3N4O.HI/c1-4-23-18(25-12-16-6-5-9-26(16)3)24-11-15-8-7-14(2)10-17(15)27-13-19(20,21)22;/h7-8,10,16H,4-6,9,11-13H2,1-3H3,(H2,23,24,25);1H. The van der Waals surface area contributed by atoms with E-state index in [4.69, 9.17) is 4.74 Å². The van der Waals surface area contributed by atoms with E-state index in [1.165, 1.54) is 6.42 Å². The average molecular weight is 514 g/mol. The molecule has 1 unspecified atom stereocenters. The number of likely N-dealkylation sites (N-methyl/N-ethyl adjacent to an activating group) is 1. The van der Waals surface area contributed by atoms with Gasteiger partial charge in [-0.15, -0.1) is 24.0 Å². The molecule has 1 aliphatic heterocycles. The first kappa shape index (κ1) is 24.8. The van der Waals surface area contributed by atoms with E-state index in [1.54, 1.807) is 12.1 Å². The van der Waals surface area contributed by atoms with Gasteiger partial charge in [0.05, 0.1) is 6.54 Å². The second kappa shape index (κ2) is 11.7. The maximum absolute atomic E-state index is 12.5. The Morgan fingerprint density at radius 1 is 1.32 bits per heavy atom. The molecule has 1 heterocycles. The highest BCUT2D eigenvalue weighted by Crippen LogP contribution is 2.24. The molecule has 0 spiro atoms. The van der Waals surface area contributed by atoms with Crippen molar-refractivity contribution in [3.8, 4) is 5.75 Å². The zero-order valence-electron chi connectivity index (χ0n) is 16.6. The van der Waals surface area contributed by atoms with Crippen molar-refractivity contribution in [3.63, 3.8) is 0 Å². The van der Waals surface area contributed by atoms with Crippen LogP contribution in [0.5, 0.6) is 5.75 Å². The Balaban J connectivity index is 0.00000392. The number of hydrogen-bond acceptors (Lipinski definition) is 3. The SMILES string of the molecule is CCNC(=NCc1ccc(C)cc1OCC(F)(F)F)NCC1CCCN1C.I. The van der Waals surface area contributed by atoms with E-state index in [9.17, 15) is 13.2 Å². The third-order valence-corrected chi connectivity index (χ3v) is 4.54. The number of alkyl halides is 3. The summed E-state index contributed by atoms with van der Waals surface area (Å²) in [5.74, 6) is 0.877. The fraction of sp³-hybridized carbons (Fsp3) is 0.632. The van der Waals surface area contributed by atoms with Gasteiger partial charge in [-0.05, 0) is 51.9 Å². The number of likely N-dealkylation sites (tertiary alicyclic amines) is 1. The van der Waals surface area contributed by atoms with E-state index in [1.807, 2.05) is 19.9 Å². The van der Waals surface area contributed by atoms with Crippen molar-refractivity contribution in [2.45, 2.75) is 45.5 Å². The summed E-state index contributed by atoms with van der Waals surface area (Å²) >= 11 is 0. The van der Waals surface area contributed by atoms with Crippen LogP contribution in [0.3, 0.4) is 0 Å². The lowest BCUT2D eigenvalue weighted by Crippen LogP contribution is -2.44. The summed E-state index contributed by atoms with van der Waals surface area (Å²) in [7, 11) is 2.11. The van der Waals surface area contributed by atoms with Gasteiger partial charge >= 0.3 is 6.18 Å². The largest absolute Gasteiger partial charge is 0.484 e. The monoisotopic (exact) mass is 514 g/mol. The van der Waals surface area contributed by atoms with Crippen LogP contribution < -0.4 is 15.4 Å². The van der Waals surface area contributed by atoms with Crippen molar-refractivity contribution < 1.29 is 17.9 Å². The Morgan fingerprint density at radius 3 is 2.68 bits per heavy atom. The van der Waals surface area contributed by atoms with Crippen molar-refractivity contribution in [1.82, 2.24) is 15.5 Å². The highest BCUT2D eigenvalue weighted by molar-refractivity contribution is 14.0. The van der Waals surface area contributed by atoms with Gasteiger partial charge in [0.2, 0.25) is 0 Å². The third-order valence-electron chi connectivity index (χ3n) is 4.54. The van der Waals surface area contributed by atoms with E-state index >= 15 is 0 Å².